The largest absolute Gasteiger partial charge is 0.489 e. The van der Waals surface area contributed by atoms with Crippen LogP contribution in [0.3, 0.4) is 0 Å². The Labute approximate surface area is 122 Å². The van der Waals surface area contributed by atoms with Gasteiger partial charge in [0.15, 0.2) is 11.5 Å². The highest BCUT2D eigenvalue weighted by atomic mass is 16.5. The Morgan fingerprint density at radius 1 is 1.25 bits per heavy atom. The summed E-state index contributed by atoms with van der Waals surface area (Å²) >= 11 is 0. The van der Waals surface area contributed by atoms with E-state index in [9.17, 15) is 0 Å². The normalized spacial score (nSPS) is 21.1. The van der Waals surface area contributed by atoms with Crippen molar-refractivity contribution in [2.75, 3.05) is 20.3 Å². The van der Waals surface area contributed by atoms with Crippen molar-refractivity contribution in [1.29, 1.82) is 0 Å². The van der Waals surface area contributed by atoms with Gasteiger partial charge in [0.05, 0.1) is 13.2 Å². The number of hydrogen-bond donors (Lipinski definition) is 1. The van der Waals surface area contributed by atoms with Crippen LogP contribution in [-0.4, -0.2) is 20.3 Å². The second kappa shape index (κ2) is 6.98. The third-order valence-electron chi connectivity index (χ3n) is 4.10. The fourth-order valence-electron chi connectivity index (χ4n) is 2.48. The molecule has 0 fully saturated rings. The van der Waals surface area contributed by atoms with Crippen molar-refractivity contribution in [3.8, 4) is 11.5 Å². The van der Waals surface area contributed by atoms with Gasteiger partial charge < -0.3 is 14.8 Å². The first kappa shape index (κ1) is 15.2. The first-order valence-corrected chi connectivity index (χ1v) is 7.70. The summed E-state index contributed by atoms with van der Waals surface area (Å²) in [5, 5.41) is 3.42. The van der Waals surface area contributed by atoms with Gasteiger partial charge in [0, 0.05) is 12.0 Å². The van der Waals surface area contributed by atoms with Gasteiger partial charge in [-0.1, -0.05) is 33.3 Å². The Morgan fingerprint density at radius 3 is 2.60 bits per heavy atom. The van der Waals surface area contributed by atoms with Crippen LogP contribution in [0.25, 0.3) is 0 Å². The molecule has 1 aliphatic heterocycles. The fourth-order valence-corrected chi connectivity index (χ4v) is 2.48. The highest BCUT2D eigenvalue weighted by molar-refractivity contribution is 5.44. The first-order valence-electron chi connectivity index (χ1n) is 7.70. The Bertz CT molecular complexity index is 433. The lowest BCUT2D eigenvalue weighted by Gasteiger charge is -2.21. The van der Waals surface area contributed by atoms with E-state index in [-0.39, 0.29) is 0 Å². The van der Waals surface area contributed by atoms with Crippen molar-refractivity contribution < 1.29 is 9.47 Å². The molecule has 3 heteroatoms. The number of fused-ring (bicyclic) bond motifs is 1. The van der Waals surface area contributed by atoms with Crippen LogP contribution in [-0.2, 0) is 0 Å². The topological polar surface area (TPSA) is 30.5 Å². The van der Waals surface area contributed by atoms with E-state index in [4.69, 9.17) is 9.47 Å². The van der Waals surface area contributed by atoms with E-state index in [0.29, 0.717) is 17.9 Å². The zero-order valence-corrected chi connectivity index (χ0v) is 13.1. The third-order valence-corrected chi connectivity index (χ3v) is 4.10. The standard InChI is InChI=1S/C17H27NO2/c1-5-12(2)8-15(18-4)14-6-7-16-17(9-14)20-11-13(3)10-19-16/h6-7,9,12-13,15,18H,5,8,10-11H2,1-4H3. The van der Waals surface area contributed by atoms with Gasteiger partial charge in [0.25, 0.3) is 0 Å². The van der Waals surface area contributed by atoms with Crippen molar-refractivity contribution in [3.05, 3.63) is 23.8 Å². The molecule has 0 amide bonds. The monoisotopic (exact) mass is 277 g/mol. The van der Waals surface area contributed by atoms with E-state index in [1.807, 2.05) is 13.1 Å². The number of rotatable bonds is 5. The zero-order chi connectivity index (χ0) is 14.5. The molecular weight excluding hydrogens is 250 g/mol. The van der Waals surface area contributed by atoms with Crippen LogP contribution < -0.4 is 14.8 Å². The summed E-state index contributed by atoms with van der Waals surface area (Å²) in [5.41, 5.74) is 1.28. The highest BCUT2D eigenvalue weighted by Crippen LogP contribution is 2.34. The summed E-state index contributed by atoms with van der Waals surface area (Å²) in [5.74, 6) is 2.90. The number of nitrogens with one attached hydrogen (secondary N) is 1. The maximum absolute atomic E-state index is 5.87. The van der Waals surface area contributed by atoms with Gasteiger partial charge in [-0.15, -0.1) is 0 Å². The second-order valence-electron chi connectivity index (χ2n) is 6.02. The molecule has 3 unspecified atom stereocenters. The van der Waals surface area contributed by atoms with Crippen LogP contribution in [0.4, 0.5) is 0 Å². The number of ether oxygens (including phenoxy) is 2. The lowest BCUT2D eigenvalue weighted by molar-refractivity contribution is 0.228. The van der Waals surface area contributed by atoms with E-state index in [1.54, 1.807) is 0 Å². The summed E-state index contributed by atoms with van der Waals surface area (Å²) < 4.78 is 11.7. The highest BCUT2D eigenvalue weighted by Gasteiger charge is 2.18. The number of hydrogen-bond acceptors (Lipinski definition) is 3. The summed E-state index contributed by atoms with van der Waals surface area (Å²) in [6.07, 6.45) is 2.35. The van der Waals surface area contributed by atoms with E-state index in [0.717, 1.165) is 31.1 Å². The van der Waals surface area contributed by atoms with Gasteiger partial charge in [-0.05, 0) is 37.1 Å². The molecule has 0 saturated carbocycles. The Kier molecular flexibility index (Phi) is 5.30. The minimum atomic E-state index is 0.375. The van der Waals surface area contributed by atoms with Crippen LogP contribution in [0.5, 0.6) is 11.5 Å². The van der Waals surface area contributed by atoms with Gasteiger partial charge >= 0.3 is 0 Å². The van der Waals surface area contributed by atoms with Gasteiger partial charge in [-0.3, -0.25) is 0 Å². The van der Waals surface area contributed by atoms with Crippen LogP contribution in [0.1, 0.15) is 45.2 Å². The van der Waals surface area contributed by atoms with E-state index < -0.39 is 0 Å². The quantitative estimate of drug-likeness (QED) is 0.888. The van der Waals surface area contributed by atoms with Gasteiger partial charge in [0.2, 0.25) is 0 Å². The molecule has 2 rings (SSSR count). The molecule has 1 aromatic rings. The summed E-state index contributed by atoms with van der Waals surface area (Å²) in [6, 6.07) is 6.71. The maximum atomic E-state index is 5.87. The minimum absolute atomic E-state index is 0.375. The third kappa shape index (κ3) is 3.66. The molecule has 0 saturated heterocycles. The molecule has 1 aromatic carbocycles. The Morgan fingerprint density at radius 2 is 1.95 bits per heavy atom. The molecule has 0 radical (unpaired) electrons. The lowest BCUT2D eigenvalue weighted by atomic mass is 9.94. The van der Waals surface area contributed by atoms with Gasteiger partial charge in [-0.2, -0.15) is 0 Å². The molecule has 1 aliphatic rings. The summed E-state index contributed by atoms with van der Waals surface area (Å²) in [7, 11) is 2.03. The molecule has 112 valence electrons. The number of benzene rings is 1. The van der Waals surface area contributed by atoms with Crippen molar-refractivity contribution in [1.82, 2.24) is 5.32 Å². The molecule has 3 atom stereocenters. The first-order chi connectivity index (χ1) is 9.63. The minimum Gasteiger partial charge on any atom is -0.489 e. The maximum Gasteiger partial charge on any atom is 0.161 e. The molecule has 3 nitrogen and oxygen atoms in total. The average molecular weight is 277 g/mol. The Hall–Kier alpha value is -1.22. The van der Waals surface area contributed by atoms with Gasteiger partial charge in [0.1, 0.15) is 0 Å². The average Bonchev–Trinajstić information content (AvgIpc) is 2.66. The predicted molar refractivity (Wildman–Crippen MR) is 82.5 cm³/mol. The molecule has 0 bridgehead atoms. The van der Waals surface area contributed by atoms with Crippen LogP contribution >= 0.6 is 0 Å². The van der Waals surface area contributed by atoms with Crippen LogP contribution in [0.2, 0.25) is 0 Å². The van der Waals surface area contributed by atoms with E-state index in [1.165, 1.54) is 12.0 Å². The lowest BCUT2D eigenvalue weighted by Crippen LogP contribution is -2.19. The molecule has 0 spiro atoms. The van der Waals surface area contributed by atoms with Crippen molar-refractivity contribution in [2.24, 2.45) is 11.8 Å². The van der Waals surface area contributed by atoms with E-state index >= 15 is 0 Å². The molecule has 1 N–H and O–H groups in total. The smallest absolute Gasteiger partial charge is 0.161 e. The zero-order valence-electron chi connectivity index (χ0n) is 13.1. The van der Waals surface area contributed by atoms with Crippen LogP contribution in [0.15, 0.2) is 18.2 Å². The SMILES string of the molecule is CCC(C)CC(NC)c1ccc2c(c1)OCC(C)CO2. The Balaban J connectivity index is 2.16. The second-order valence-corrected chi connectivity index (χ2v) is 6.02. The fraction of sp³-hybridized carbons (Fsp3) is 0.647. The predicted octanol–water partition coefficient (Wildman–Crippen LogP) is 3.79. The van der Waals surface area contributed by atoms with Crippen LogP contribution in [0, 0.1) is 11.8 Å². The van der Waals surface area contributed by atoms with Gasteiger partial charge in [-0.25, -0.2) is 0 Å². The molecular formula is C17H27NO2. The molecule has 20 heavy (non-hydrogen) atoms. The van der Waals surface area contributed by atoms with E-state index in [2.05, 4.69) is 38.2 Å². The van der Waals surface area contributed by atoms with Crippen molar-refractivity contribution >= 4 is 0 Å². The molecule has 1 heterocycles. The summed E-state index contributed by atoms with van der Waals surface area (Å²) in [6.45, 7) is 8.15. The molecule has 0 aromatic heterocycles. The van der Waals surface area contributed by atoms with Crippen molar-refractivity contribution in [3.63, 3.8) is 0 Å². The summed E-state index contributed by atoms with van der Waals surface area (Å²) in [4.78, 5) is 0. The molecule has 0 aliphatic carbocycles. The van der Waals surface area contributed by atoms with Crippen molar-refractivity contribution in [2.45, 2.75) is 39.7 Å².